The van der Waals surface area contributed by atoms with E-state index in [1.165, 1.54) is 0 Å². The molecule has 0 aliphatic carbocycles. The number of rotatable bonds is 7. The molecule has 310 valence electrons. The second kappa shape index (κ2) is 14.4. The molecule has 9 aromatic carbocycles. The highest BCUT2D eigenvalue weighted by Crippen LogP contribution is 2.44. The zero-order valence-electron chi connectivity index (χ0n) is 35.5. The van der Waals surface area contributed by atoms with Gasteiger partial charge in [0.05, 0.1) is 38.5 Å². The van der Waals surface area contributed by atoms with Crippen molar-refractivity contribution in [1.82, 2.24) is 24.1 Å². The molecule has 0 N–H and O–H groups in total. The van der Waals surface area contributed by atoms with Crippen LogP contribution in [0, 0.1) is 0 Å². The minimum Gasteiger partial charge on any atom is -0.455 e. The van der Waals surface area contributed by atoms with E-state index in [4.69, 9.17) is 23.8 Å². The fraction of sp³-hybridized carbons (Fsp3) is 0.0339. The molecule has 0 aliphatic heterocycles. The van der Waals surface area contributed by atoms with Gasteiger partial charge < -0.3 is 18.0 Å². The minimum absolute atomic E-state index is 0.596. The number of aryl methyl sites for hydroxylation is 2. The molecule has 0 saturated heterocycles. The number of nitrogens with zero attached hydrogens (tertiary/aromatic N) is 5. The van der Waals surface area contributed by atoms with Crippen molar-refractivity contribution in [2.24, 2.45) is 0 Å². The van der Waals surface area contributed by atoms with Crippen LogP contribution in [0.2, 0.25) is 0 Å². The molecule has 14 aromatic rings. The predicted molar refractivity (Wildman–Crippen MR) is 268 cm³/mol. The van der Waals surface area contributed by atoms with Crippen molar-refractivity contribution >= 4 is 87.5 Å². The molecular weight excluding hydrogens is 811 g/mol. The summed E-state index contributed by atoms with van der Waals surface area (Å²) >= 11 is 0. The molecule has 14 rings (SSSR count). The Morgan fingerprint density at radius 1 is 0.364 bits per heavy atom. The summed E-state index contributed by atoms with van der Waals surface area (Å²) in [5, 5.41) is 8.93. The molecule has 0 spiro atoms. The van der Waals surface area contributed by atoms with Crippen LogP contribution in [0.5, 0.6) is 0 Å². The molecular formula is C59H37N5O2. The van der Waals surface area contributed by atoms with Gasteiger partial charge in [0.15, 0.2) is 11.6 Å². The molecule has 5 aromatic heterocycles. The zero-order valence-corrected chi connectivity index (χ0v) is 35.5. The smallest absolute Gasteiger partial charge is 0.163 e. The number of para-hydroxylation sites is 4. The Bertz CT molecular complexity index is 4180. The van der Waals surface area contributed by atoms with Crippen molar-refractivity contribution in [2.45, 2.75) is 12.8 Å². The maximum Gasteiger partial charge on any atom is 0.163 e. The summed E-state index contributed by atoms with van der Waals surface area (Å²) in [6, 6.07) is 70.2. The monoisotopic (exact) mass is 847 g/mol. The first kappa shape index (κ1) is 36.7. The van der Waals surface area contributed by atoms with Crippen LogP contribution in [-0.2, 0) is 12.8 Å². The average molecular weight is 848 g/mol. The van der Waals surface area contributed by atoms with E-state index in [1.807, 2.05) is 48.5 Å². The molecule has 0 atom stereocenters. The van der Waals surface area contributed by atoms with Crippen LogP contribution < -0.4 is 0 Å². The first-order valence-electron chi connectivity index (χ1n) is 22.4. The van der Waals surface area contributed by atoms with Crippen LogP contribution in [0.4, 0.5) is 0 Å². The van der Waals surface area contributed by atoms with Crippen LogP contribution in [0.3, 0.4) is 0 Å². The van der Waals surface area contributed by atoms with Crippen molar-refractivity contribution in [3.05, 3.63) is 212 Å². The molecule has 0 bridgehead atoms. The molecule has 0 saturated carbocycles. The average Bonchev–Trinajstić information content (AvgIpc) is 4.14. The Morgan fingerprint density at radius 3 is 1.42 bits per heavy atom. The summed E-state index contributed by atoms with van der Waals surface area (Å²) in [6.07, 6.45) is 1.27. The van der Waals surface area contributed by atoms with Gasteiger partial charge >= 0.3 is 0 Å². The van der Waals surface area contributed by atoms with Crippen LogP contribution in [0.1, 0.15) is 11.4 Å². The summed E-state index contributed by atoms with van der Waals surface area (Å²) in [5.41, 5.74) is 13.1. The van der Waals surface area contributed by atoms with Crippen LogP contribution in [-0.4, -0.2) is 24.1 Å². The standard InChI is InChI=1S/C59H37N5O2/c1-3-15-37(16-4-1)58-60-53(61-59(62-58)38-17-5-2-6-18-38)34-28-36-27-29-39(63-46-23-11-7-21-44(46)54-48(63)32-30-42-40-19-9-13-25-51(40)65-56(42)54)35-50(36)64-47-24-12-8-22-45(47)55-49(64)33-31-43-41-20-10-14-26-52(41)66-57(43)55/h1-27,29-33,35H,28,34H2. The van der Waals surface area contributed by atoms with Gasteiger partial charge in [-0.3, -0.25) is 0 Å². The minimum atomic E-state index is 0.596. The third-order valence-corrected chi connectivity index (χ3v) is 13.3. The normalized spacial score (nSPS) is 12.1. The summed E-state index contributed by atoms with van der Waals surface area (Å²) in [4.78, 5) is 15.2. The number of fused-ring (bicyclic) bond motifs is 14. The van der Waals surface area contributed by atoms with Gasteiger partial charge in [0, 0.05) is 55.6 Å². The van der Waals surface area contributed by atoms with Gasteiger partial charge in [-0.05, 0) is 72.6 Å². The summed E-state index contributed by atoms with van der Waals surface area (Å²) in [6.45, 7) is 0. The topological polar surface area (TPSA) is 74.8 Å². The lowest BCUT2D eigenvalue weighted by atomic mass is 10.0. The number of aromatic nitrogens is 5. The fourth-order valence-electron chi connectivity index (χ4n) is 10.3. The highest BCUT2D eigenvalue weighted by Gasteiger charge is 2.23. The van der Waals surface area contributed by atoms with Gasteiger partial charge in [0.25, 0.3) is 0 Å². The molecule has 0 amide bonds. The molecule has 66 heavy (non-hydrogen) atoms. The Kier molecular flexibility index (Phi) is 7.97. The second-order valence-corrected chi connectivity index (χ2v) is 17.0. The lowest BCUT2D eigenvalue weighted by Crippen LogP contribution is -2.07. The summed E-state index contributed by atoms with van der Waals surface area (Å²) in [7, 11) is 0. The first-order chi connectivity index (χ1) is 32.7. The lowest BCUT2D eigenvalue weighted by Gasteiger charge is -2.17. The van der Waals surface area contributed by atoms with E-state index in [0.717, 1.165) is 121 Å². The van der Waals surface area contributed by atoms with Crippen molar-refractivity contribution in [2.75, 3.05) is 0 Å². The number of furan rings is 2. The van der Waals surface area contributed by atoms with E-state index in [1.54, 1.807) is 0 Å². The molecule has 0 radical (unpaired) electrons. The van der Waals surface area contributed by atoms with Gasteiger partial charge in [-0.15, -0.1) is 0 Å². The van der Waals surface area contributed by atoms with E-state index in [9.17, 15) is 0 Å². The zero-order chi connectivity index (χ0) is 43.3. The lowest BCUT2D eigenvalue weighted by molar-refractivity contribution is 0.672. The molecule has 0 aliphatic rings. The van der Waals surface area contributed by atoms with Crippen molar-refractivity contribution in [1.29, 1.82) is 0 Å². The van der Waals surface area contributed by atoms with Crippen molar-refractivity contribution in [3.8, 4) is 34.2 Å². The molecule has 5 heterocycles. The maximum atomic E-state index is 6.74. The molecule has 0 fully saturated rings. The van der Waals surface area contributed by atoms with Crippen LogP contribution in [0.15, 0.2) is 209 Å². The van der Waals surface area contributed by atoms with Gasteiger partial charge in [-0.25, -0.2) is 15.0 Å². The summed E-state index contributed by atoms with van der Waals surface area (Å²) in [5.74, 6) is 2.07. The van der Waals surface area contributed by atoms with Crippen molar-refractivity contribution < 1.29 is 8.83 Å². The van der Waals surface area contributed by atoms with Gasteiger partial charge in [0.2, 0.25) is 0 Å². The van der Waals surface area contributed by atoms with Crippen molar-refractivity contribution in [3.63, 3.8) is 0 Å². The van der Waals surface area contributed by atoms with Gasteiger partial charge in [-0.1, -0.05) is 140 Å². The number of hydrogen-bond acceptors (Lipinski definition) is 5. The third kappa shape index (κ3) is 5.53. The largest absolute Gasteiger partial charge is 0.455 e. The quantitative estimate of drug-likeness (QED) is 0.160. The Morgan fingerprint density at radius 2 is 0.848 bits per heavy atom. The first-order valence-corrected chi connectivity index (χ1v) is 22.4. The van der Waals surface area contributed by atoms with E-state index >= 15 is 0 Å². The van der Waals surface area contributed by atoms with E-state index in [0.29, 0.717) is 24.5 Å². The highest BCUT2D eigenvalue weighted by atomic mass is 16.3. The van der Waals surface area contributed by atoms with Gasteiger partial charge in [0.1, 0.15) is 28.2 Å². The SMILES string of the molecule is c1ccc(-c2nc(CCc3ccc(-n4c5ccccc5c5c6oc7ccccc7c6ccc54)cc3-n3c4ccccc4c4c5oc6ccccc6c5ccc43)nc(-c3ccccc3)n2)cc1. The number of hydrogen-bond donors (Lipinski definition) is 0. The number of benzene rings is 9. The maximum absolute atomic E-state index is 6.74. The molecule has 7 heteroatoms. The van der Waals surface area contributed by atoms with Crippen LogP contribution >= 0.6 is 0 Å². The summed E-state index contributed by atoms with van der Waals surface area (Å²) < 4.78 is 18.2. The van der Waals surface area contributed by atoms with Gasteiger partial charge in [-0.2, -0.15) is 0 Å². The Hall–Kier alpha value is -8.81. The molecule has 7 nitrogen and oxygen atoms in total. The van der Waals surface area contributed by atoms with E-state index in [2.05, 4.69) is 161 Å². The predicted octanol–water partition coefficient (Wildman–Crippen LogP) is 15.0. The Labute approximate surface area is 377 Å². The Balaban J connectivity index is 1.01. The van der Waals surface area contributed by atoms with Crippen LogP contribution in [0.25, 0.3) is 122 Å². The fourth-order valence-corrected chi connectivity index (χ4v) is 10.3. The van der Waals surface area contributed by atoms with E-state index in [-0.39, 0.29) is 0 Å². The van der Waals surface area contributed by atoms with E-state index < -0.39 is 0 Å². The highest BCUT2D eigenvalue weighted by molar-refractivity contribution is 6.25. The third-order valence-electron chi connectivity index (χ3n) is 13.3. The second-order valence-electron chi connectivity index (χ2n) is 17.0. The molecule has 0 unspecified atom stereocenters.